The van der Waals surface area contributed by atoms with Crippen LogP contribution in [0.15, 0.2) is 78.9 Å². The number of nitrogens with zero attached hydrogens (tertiary/aromatic N) is 1. The van der Waals surface area contributed by atoms with Crippen LogP contribution in [0.3, 0.4) is 0 Å². The highest BCUT2D eigenvalue weighted by Gasteiger charge is 2.32. The number of hydrogen-bond donors (Lipinski definition) is 1. The summed E-state index contributed by atoms with van der Waals surface area (Å²) in [6.45, 7) is 10.0. The fraction of sp³-hybridized carbons (Fsp3) is 0.355. The predicted octanol–water partition coefficient (Wildman–Crippen LogP) is 6.40. The van der Waals surface area contributed by atoms with E-state index in [1.807, 2.05) is 93.6 Å². The van der Waals surface area contributed by atoms with Crippen molar-refractivity contribution in [3.63, 3.8) is 0 Å². The summed E-state index contributed by atoms with van der Waals surface area (Å²) in [5.41, 5.74) is 2.38. The minimum atomic E-state index is -0.739. The number of hydrogen-bond acceptors (Lipinski definition) is 3. The largest absolute Gasteiger partial charge is 0.483 e. The lowest BCUT2D eigenvalue weighted by molar-refractivity contribution is -0.143. The van der Waals surface area contributed by atoms with Crippen molar-refractivity contribution in [2.75, 3.05) is 6.61 Å². The lowest BCUT2D eigenvalue weighted by atomic mass is 10.0. The number of amides is 2. The second-order valence-electron chi connectivity index (χ2n) is 10.6. The van der Waals surface area contributed by atoms with E-state index in [0.29, 0.717) is 17.2 Å². The SMILES string of the molecule is CC(C)c1ccccc1OCC(=O)N(Cc1cccc(Cl)c1)[C@@H](Cc1ccccc1)C(=O)NC(C)(C)C. The molecule has 2 amide bonds. The van der Waals surface area contributed by atoms with Crippen LogP contribution in [-0.4, -0.2) is 34.9 Å². The van der Waals surface area contributed by atoms with E-state index in [-0.39, 0.29) is 30.9 Å². The number of ether oxygens (including phenoxy) is 1. The van der Waals surface area contributed by atoms with Gasteiger partial charge in [-0.1, -0.05) is 86.1 Å². The summed E-state index contributed by atoms with van der Waals surface area (Å²) in [5, 5.41) is 3.64. The molecule has 0 spiro atoms. The Bertz CT molecular complexity index is 1190. The summed E-state index contributed by atoms with van der Waals surface area (Å²) in [4.78, 5) is 29.0. The highest BCUT2D eigenvalue weighted by Crippen LogP contribution is 2.26. The summed E-state index contributed by atoms with van der Waals surface area (Å²) in [7, 11) is 0. The highest BCUT2D eigenvalue weighted by atomic mass is 35.5. The second-order valence-corrected chi connectivity index (χ2v) is 11.0. The molecular formula is C31H37ClN2O3. The number of para-hydroxylation sites is 1. The molecule has 0 radical (unpaired) electrons. The summed E-state index contributed by atoms with van der Waals surface area (Å²) >= 11 is 6.25. The van der Waals surface area contributed by atoms with E-state index >= 15 is 0 Å². The normalized spacial score (nSPS) is 12.2. The fourth-order valence-corrected chi connectivity index (χ4v) is 4.36. The molecule has 3 aromatic rings. The highest BCUT2D eigenvalue weighted by molar-refractivity contribution is 6.30. The summed E-state index contributed by atoms with van der Waals surface area (Å²) in [6.07, 6.45) is 0.373. The molecule has 196 valence electrons. The van der Waals surface area contributed by atoms with Crippen LogP contribution < -0.4 is 10.1 Å². The molecule has 0 fully saturated rings. The van der Waals surface area contributed by atoms with Crippen LogP contribution in [0.1, 0.15) is 57.2 Å². The maximum absolute atomic E-state index is 13.8. The van der Waals surface area contributed by atoms with Crippen molar-refractivity contribution in [3.8, 4) is 5.75 Å². The zero-order chi connectivity index (χ0) is 27.0. The van der Waals surface area contributed by atoms with Crippen LogP contribution in [0, 0.1) is 0 Å². The van der Waals surface area contributed by atoms with Crippen molar-refractivity contribution >= 4 is 23.4 Å². The summed E-state index contributed by atoms with van der Waals surface area (Å²) < 4.78 is 6.03. The number of halogens is 1. The molecule has 5 nitrogen and oxygen atoms in total. The molecule has 1 N–H and O–H groups in total. The third kappa shape index (κ3) is 8.64. The van der Waals surface area contributed by atoms with Crippen LogP contribution in [-0.2, 0) is 22.6 Å². The first kappa shape index (κ1) is 28.3. The number of carbonyl (C=O) groups excluding carboxylic acids is 2. The molecule has 37 heavy (non-hydrogen) atoms. The monoisotopic (exact) mass is 520 g/mol. The average Bonchev–Trinajstić information content (AvgIpc) is 2.84. The van der Waals surface area contributed by atoms with E-state index in [2.05, 4.69) is 19.2 Å². The Kier molecular flexibility index (Phi) is 9.76. The first-order valence-electron chi connectivity index (χ1n) is 12.6. The number of rotatable bonds is 10. The zero-order valence-corrected chi connectivity index (χ0v) is 23.1. The lowest BCUT2D eigenvalue weighted by Gasteiger charge is -2.34. The predicted molar refractivity (Wildman–Crippen MR) is 150 cm³/mol. The van der Waals surface area contributed by atoms with Gasteiger partial charge in [0.2, 0.25) is 5.91 Å². The van der Waals surface area contributed by atoms with Crippen LogP contribution in [0.25, 0.3) is 0 Å². The van der Waals surface area contributed by atoms with E-state index in [4.69, 9.17) is 16.3 Å². The van der Waals surface area contributed by atoms with Crippen molar-refractivity contribution in [1.29, 1.82) is 0 Å². The van der Waals surface area contributed by atoms with Crippen LogP contribution in [0.2, 0.25) is 5.02 Å². The number of carbonyl (C=O) groups is 2. The molecule has 6 heteroatoms. The van der Waals surface area contributed by atoms with Crippen molar-refractivity contribution in [1.82, 2.24) is 10.2 Å². The van der Waals surface area contributed by atoms with Gasteiger partial charge in [-0.15, -0.1) is 0 Å². The standard InChI is InChI=1S/C31H37ClN2O3/c1-22(2)26-16-9-10-17-28(26)37-21-29(35)34(20-24-14-11-15-25(32)18-24)27(30(36)33-31(3,4)5)19-23-12-7-6-8-13-23/h6-18,22,27H,19-21H2,1-5H3,(H,33,36)/t27-/m0/s1. The Labute approximate surface area is 225 Å². The molecule has 0 saturated heterocycles. The van der Waals surface area contributed by atoms with E-state index in [1.54, 1.807) is 11.0 Å². The number of nitrogens with one attached hydrogen (secondary N) is 1. The Morgan fingerprint density at radius 3 is 2.22 bits per heavy atom. The third-order valence-electron chi connectivity index (χ3n) is 5.90. The molecule has 0 saturated carbocycles. The Morgan fingerprint density at radius 1 is 0.919 bits per heavy atom. The van der Waals surface area contributed by atoms with Crippen molar-refractivity contribution in [3.05, 3.63) is 101 Å². The smallest absolute Gasteiger partial charge is 0.261 e. The summed E-state index contributed by atoms with van der Waals surface area (Å²) in [6, 6.07) is 24.1. The van der Waals surface area contributed by atoms with Crippen molar-refractivity contribution in [2.45, 2.75) is 65.1 Å². The van der Waals surface area contributed by atoms with Gasteiger partial charge in [-0.05, 0) is 61.6 Å². The van der Waals surface area contributed by atoms with Crippen LogP contribution in [0.5, 0.6) is 5.75 Å². The van der Waals surface area contributed by atoms with Crippen LogP contribution in [0.4, 0.5) is 0 Å². The van der Waals surface area contributed by atoms with E-state index in [9.17, 15) is 9.59 Å². The zero-order valence-electron chi connectivity index (χ0n) is 22.3. The van der Waals surface area contributed by atoms with E-state index in [0.717, 1.165) is 16.7 Å². The molecule has 0 aliphatic rings. The Hall–Kier alpha value is -3.31. The van der Waals surface area contributed by atoms with Gasteiger partial charge in [0.15, 0.2) is 6.61 Å². The minimum Gasteiger partial charge on any atom is -0.483 e. The Morgan fingerprint density at radius 2 is 1.57 bits per heavy atom. The van der Waals surface area contributed by atoms with Gasteiger partial charge >= 0.3 is 0 Å². The van der Waals surface area contributed by atoms with Gasteiger partial charge < -0.3 is 15.0 Å². The van der Waals surface area contributed by atoms with Gasteiger partial charge in [-0.3, -0.25) is 9.59 Å². The number of benzene rings is 3. The third-order valence-corrected chi connectivity index (χ3v) is 6.14. The van der Waals surface area contributed by atoms with Crippen LogP contribution >= 0.6 is 11.6 Å². The van der Waals surface area contributed by atoms with E-state index in [1.165, 1.54) is 0 Å². The van der Waals surface area contributed by atoms with Gasteiger partial charge in [-0.25, -0.2) is 0 Å². The van der Waals surface area contributed by atoms with E-state index < -0.39 is 11.6 Å². The minimum absolute atomic E-state index is 0.182. The topological polar surface area (TPSA) is 58.6 Å². The van der Waals surface area contributed by atoms with Crippen molar-refractivity contribution < 1.29 is 14.3 Å². The maximum atomic E-state index is 13.8. The van der Waals surface area contributed by atoms with Gasteiger partial charge in [0.05, 0.1) is 0 Å². The van der Waals surface area contributed by atoms with Gasteiger partial charge in [-0.2, -0.15) is 0 Å². The van der Waals surface area contributed by atoms with Gasteiger partial charge in [0, 0.05) is 23.5 Å². The molecule has 0 aliphatic carbocycles. The lowest BCUT2D eigenvalue weighted by Crippen LogP contribution is -2.55. The molecular weight excluding hydrogens is 484 g/mol. The maximum Gasteiger partial charge on any atom is 0.261 e. The molecule has 0 aromatic heterocycles. The fourth-order valence-electron chi connectivity index (χ4n) is 4.15. The summed E-state index contributed by atoms with van der Waals surface area (Å²) in [5.74, 6) is 0.433. The molecule has 1 atom stereocenters. The Balaban J connectivity index is 1.95. The molecule has 0 unspecified atom stereocenters. The first-order valence-corrected chi connectivity index (χ1v) is 13.0. The average molecular weight is 521 g/mol. The molecule has 3 aromatic carbocycles. The van der Waals surface area contributed by atoms with Gasteiger partial charge in [0.1, 0.15) is 11.8 Å². The molecule has 0 heterocycles. The van der Waals surface area contributed by atoms with Gasteiger partial charge in [0.25, 0.3) is 5.91 Å². The second kappa shape index (κ2) is 12.8. The molecule has 0 aliphatic heterocycles. The first-order chi connectivity index (χ1) is 17.5. The molecule has 3 rings (SSSR count). The molecule has 0 bridgehead atoms. The van der Waals surface area contributed by atoms with Crippen molar-refractivity contribution in [2.24, 2.45) is 0 Å². The quantitative estimate of drug-likeness (QED) is 0.336.